The van der Waals surface area contributed by atoms with Gasteiger partial charge in [-0.05, 0) is 31.2 Å². The molecule has 20 heavy (non-hydrogen) atoms. The van der Waals surface area contributed by atoms with Gasteiger partial charge in [0.25, 0.3) is 5.91 Å². The minimum atomic E-state index is -0.421. The zero-order valence-corrected chi connectivity index (χ0v) is 12.8. The quantitative estimate of drug-likeness (QED) is 0.919. The van der Waals surface area contributed by atoms with Crippen LogP contribution < -0.4 is 0 Å². The first-order chi connectivity index (χ1) is 9.43. The second-order valence-electron chi connectivity index (χ2n) is 6.01. The number of β-amino-alcohol motifs (C(OH)–C–C–N with tert-alkyl or cyclic N) is 1. The van der Waals surface area contributed by atoms with E-state index in [0.717, 1.165) is 12.1 Å². The molecule has 1 aromatic heterocycles. The fourth-order valence-corrected chi connectivity index (χ4v) is 2.53. The normalized spacial score (nSPS) is 23.4. The zero-order valence-electron chi connectivity index (χ0n) is 12.8. The summed E-state index contributed by atoms with van der Waals surface area (Å²) in [5, 5.41) is 14.4. The van der Waals surface area contributed by atoms with Gasteiger partial charge in [-0.3, -0.25) is 9.48 Å². The molecule has 1 aliphatic heterocycles. The fourth-order valence-electron chi connectivity index (χ4n) is 2.53. The lowest BCUT2D eigenvalue weighted by molar-refractivity contribution is 0.0241. The lowest BCUT2D eigenvalue weighted by atomic mass is 9.96. The van der Waals surface area contributed by atoms with Gasteiger partial charge in [0.05, 0.1) is 11.8 Å². The molecule has 1 fully saturated rings. The van der Waals surface area contributed by atoms with Crippen LogP contribution in [0.5, 0.6) is 0 Å². The van der Waals surface area contributed by atoms with Gasteiger partial charge in [0.15, 0.2) is 0 Å². The number of rotatable bonds is 3. The van der Waals surface area contributed by atoms with Crippen molar-refractivity contribution in [3.63, 3.8) is 0 Å². The number of hydrogen-bond donors (Lipinski definition) is 1. The maximum atomic E-state index is 12.6. The second kappa shape index (κ2) is 5.95. The minimum absolute atomic E-state index is 0.0165. The van der Waals surface area contributed by atoms with E-state index in [2.05, 4.69) is 18.9 Å². The van der Waals surface area contributed by atoms with E-state index in [1.54, 1.807) is 9.58 Å². The maximum absolute atomic E-state index is 12.6. The number of amides is 1. The highest BCUT2D eigenvalue weighted by Gasteiger charge is 2.29. The van der Waals surface area contributed by atoms with Crippen molar-refractivity contribution in [2.45, 2.75) is 52.7 Å². The lowest BCUT2D eigenvalue weighted by Crippen LogP contribution is -2.46. The molecule has 5 heteroatoms. The number of nitrogens with zero attached hydrogens (tertiary/aromatic N) is 3. The molecule has 0 radical (unpaired) electrons. The number of aliphatic hydroxyl groups is 1. The molecule has 1 saturated heterocycles. The largest absolute Gasteiger partial charge is 0.391 e. The van der Waals surface area contributed by atoms with Gasteiger partial charge in [-0.15, -0.1) is 0 Å². The Balaban J connectivity index is 2.20. The third-order valence-electron chi connectivity index (χ3n) is 4.11. The summed E-state index contributed by atoms with van der Waals surface area (Å²) in [5.41, 5.74) is 1.58. The van der Waals surface area contributed by atoms with E-state index in [1.807, 2.05) is 19.9 Å². The summed E-state index contributed by atoms with van der Waals surface area (Å²) >= 11 is 0. The molecule has 2 heterocycles. The highest BCUT2D eigenvalue weighted by Crippen LogP contribution is 2.21. The van der Waals surface area contributed by atoms with Crippen molar-refractivity contribution in [2.75, 3.05) is 13.1 Å². The summed E-state index contributed by atoms with van der Waals surface area (Å²) in [5.74, 6) is 0.555. The molecule has 2 unspecified atom stereocenters. The standard InChI is InChI=1S/C15H25N3O2/c1-5-18-13(8-12(16-18)10(2)3)15(20)17-7-6-11(4)14(19)9-17/h8,10-11,14,19H,5-7,9H2,1-4H3. The minimum Gasteiger partial charge on any atom is -0.391 e. The van der Waals surface area contributed by atoms with Crippen LogP contribution in [0, 0.1) is 5.92 Å². The maximum Gasteiger partial charge on any atom is 0.272 e. The summed E-state index contributed by atoms with van der Waals surface area (Å²) in [7, 11) is 0. The van der Waals surface area contributed by atoms with Crippen molar-refractivity contribution in [3.8, 4) is 0 Å². The van der Waals surface area contributed by atoms with Crippen molar-refractivity contribution < 1.29 is 9.90 Å². The number of likely N-dealkylation sites (tertiary alicyclic amines) is 1. The number of aliphatic hydroxyl groups excluding tert-OH is 1. The smallest absolute Gasteiger partial charge is 0.272 e. The Morgan fingerprint density at radius 1 is 1.55 bits per heavy atom. The van der Waals surface area contributed by atoms with Gasteiger partial charge in [0, 0.05) is 19.6 Å². The van der Waals surface area contributed by atoms with Crippen LogP contribution in [0.4, 0.5) is 0 Å². The third-order valence-corrected chi connectivity index (χ3v) is 4.11. The van der Waals surface area contributed by atoms with Gasteiger partial charge < -0.3 is 10.0 Å². The number of hydrogen-bond acceptors (Lipinski definition) is 3. The van der Waals surface area contributed by atoms with Gasteiger partial charge in [-0.2, -0.15) is 5.10 Å². The first-order valence-corrected chi connectivity index (χ1v) is 7.49. The Bertz CT molecular complexity index is 481. The fraction of sp³-hybridized carbons (Fsp3) is 0.733. The number of aromatic nitrogens is 2. The van der Waals surface area contributed by atoms with E-state index >= 15 is 0 Å². The molecule has 5 nitrogen and oxygen atoms in total. The monoisotopic (exact) mass is 279 g/mol. The van der Waals surface area contributed by atoms with E-state index < -0.39 is 6.10 Å². The molecular weight excluding hydrogens is 254 g/mol. The number of carbonyl (C=O) groups excluding carboxylic acids is 1. The van der Waals surface area contributed by atoms with Crippen LogP contribution in [0.1, 0.15) is 56.2 Å². The van der Waals surface area contributed by atoms with Gasteiger partial charge >= 0.3 is 0 Å². The molecule has 1 aliphatic rings. The molecule has 0 saturated carbocycles. The predicted octanol–water partition coefficient (Wildman–Crippen LogP) is 1.87. The topological polar surface area (TPSA) is 58.4 Å². The third kappa shape index (κ3) is 2.87. The number of carbonyl (C=O) groups is 1. The van der Waals surface area contributed by atoms with E-state index in [0.29, 0.717) is 31.2 Å². The molecule has 2 atom stereocenters. The molecule has 112 valence electrons. The Morgan fingerprint density at radius 2 is 2.25 bits per heavy atom. The average Bonchev–Trinajstić information content (AvgIpc) is 2.85. The molecule has 0 bridgehead atoms. The van der Waals surface area contributed by atoms with Crippen LogP contribution in [0.2, 0.25) is 0 Å². The summed E-state index contributed by atoms with van der Waals surface area (Å²) in [6.45, 7) is 9.97. The van der Waals surface area contributed by atoms with Crippen LogP contribution in [-0.2, 0) is 6.54 Å². The van der Waals surface area contributed by atoms with Gasteiger partial charge in [0.1, 0.15) is 5.69 Å². The van der Waals surface area contributed by atoms with Gasteiger partial charge in [-0.1, -0.05) is 20.8 Å². The molecular formula is C15H25N3O2. The predicted molar refractivity (Wildman–Crippen MR) is 77.7 cm³/mol. The molecule has 0 aliphatic carbocycles. The van der Waals surface area contributed by atoms with Gasteiger partial charge in [0.2, 0.25) is 0 Å². The summed E-state index contributed by atoms with van der Waals surface area (Å²) in [4.78, 5) is 14.4. The molecule has 0 aromatic carbocycles. The molecule has 1 N–H and O–H groups in total. The Labute approximate surface area is 120 Å². The van der Waals surface area contributed by atoms with Crippen LogP contribution in [0.25, 0.3) is 0 Å². The summed E-state index contributed by atoms with van der Waals surface area (Å²) in [6, 6.07) is 1.89. The Morgan fingerprint density at radius 3 is 2.80 bits per heavy atom. The highest BCUT2D eigenvalue weighted by molar-refractivity contribution is 5.92. The van der Waals surface area contributed by atoms with Crippen LogP contribution in [-0.4, -0.2) is 44.9 Å². The first kappa shape index (κ1) is 15.0. The number of piperidine rings is 1. The SMILES string of the molecule is CCn1nc(C(C)C)cc1C(=O)N1CCC(C)C(O)C1. The average molecular weight is 279 g/mol. The molecule has 1 amide bonds. The van der Waals surface area contributed by atoms with E-state index in [1.165, 1.54) is 0 Å². The van der Waals surface area contributed by atoms with E-state index in [-0.39, 0.29) is 11.8 Å². The number of aryl methyl sites for hydroxylation is 1. The van der Waals surface area contributed by atoms with E-state index in [9.17, 15) is 9.90 Å². The Hall–Kier alpha value is -1.36. The Kier molecular flexibility index (Phi) is 4.48. The summed E-state index contributed by atoms with van der Waals surface area (Å²) in [6.07, 6.45) is 0.430. The van der Waals surface area contributed by atoms with Crippen molar-refractivity contribution >= 4 is 5.91 Å². The van der Waals surface area contributed by atoms with Crippen LogP contribution in [0.3, 0.4) is 0 Å². The molecule has 1 aromatic rings. The first-order valence-electron chi connectivity index (χ1n) is 7.49. The lowest BCUT2D eigenvalue weighted by Gasteiger charge is -2.34. The van der Waals surface area contributed by atoms with Crippen LogP contribution >= 0.6 is 0 Å². The summed E-state index contributed by atoms with van der Waals surface area (Å²) < 4.78 is 1.77. The zero-order chi connectivity index (χ0) is 14.9. The van der Waals surface area contributed by atoms with Crippen molar-refractivity contribution in [2.24, 2.45) is 5.92 Å². The van der Waals surface area contributed by atoms with Crippen molar-refractivity contribution in [3.05, 3.63) is 17.5 Å². The highest BCUT2D eigenvalue weighted by atomic mass is 16.3. The second-order valence-corrected chi connectivity index (χ2v) is 6.01. The van der Waals surface area contributed by atoms with E-state index in [4.69, 9.17) is 0 Å². The molecule has 2 rings (SSSR count). The molecule has 0 spiro atoms. The van der Waals surface area contributed by atoms with Gasteiger partial charge in [-0.25, -0.2) is 0 Å². The van der Waals surface area contributed by atoms with Crippen molar-refractivity contribution in [1.29, 1.82) is 0 Å². The van der Waals surface area contributed by atoms with Crippen LogP contribution in [0.15, 0.2) is 6.07 Å². The van der Waals surface area contributed by atoms with Crippen molar-refractivity contribution in [1.82, 2.24) is 14.7 Å².